The quantitative estimate of drug-likeness (QED) is 0.672. The van der Waals surface area contributed by atoms with Crippen LogP contribution in [0.5, 0.6) is 5.88 Å². The molecule has 2 N–H and O–H groups in total. The summed E-state index contributed by atoms with van der Waals surface area (Å²) in [6, 6.07) is 3.72. The van der Waals surface area contributed by atoms with Crippen LogP contribution in [0.2, 0.25) is 0 Å². The van der Waals surface area contributed by atoms with Gasteiger partial charge in [-0.1, -0.05) is 12.1 Å². The first kappa shape index (κ1) is 15.7. The highest BCUT2D eigenvalue weighted by Crippen LogP contribution is 2.31. The molecule has 1 aromatic carbocycles. The van der Waals surface area contributed by atoms with Gasteiger partial charge in [0.25, 0.3) is 0 Å². The highest BCUT2D eigenvalue weighted by atomic mass is 19.4. The van der Waals surface area contributed by atoms with Crippen LogP contribution in [0.15, 0.2) is 24.3 Å². The Morgan fingerprint density at radius 3 is 2.41 bits per heavy atom. The summed E-state index contributed by atoms with van der Waals surface area (Å²) in [6.07, 6.45) is -4.49. The van der Waals surface area contributed by atoms with Crippen LogP contribution in [0.3, 0.4) is 0 Å². The summed E-state index contributed by atoms with van der Waals surface area (Å²) in [4.78, 5) is 15.1. The molecule has 0 saturated carbocycles. The van der Waals surface area contributed by atoms with Crippen LogP contribution in [-0.2, 0) is 10.9 Å². The van der Waals surface area contributed by atoms with Crippen molar-refractivity contribution in [3.8, 4) is 17.3 Å². The number of benzene rings is 1. The van der Waals surface area contributed by atoms with Crippen LogP contribution >= 0.6 is 0 Å². The van der Waals surface area contributed by atoms with Gasteiger partial charge in [-0.25, -0.2) is 4.79 Å². The van der Waals surface area contributed by atoms with E-state index in [4.69, 9.17) is 0 Å². The monoisotopic (exact) mass is 316 g/mol. The SMILES string of the molecule is CCOC(=O)c1c(O)nc(-c2ccc(C(F)(F)F)cc2)n1O. The molecule has 0 unspecified atom stereocenters. The summed E-state index contributed by atoms with van der Waals surface area (Å²) < 4.78 is 42.4. The van der Waals surface area contributed by atoms with Gasteiger partial charge in [0.2, 0.25) is 11.6 Å². The zero-order valence-electron chi connectivity index (χ0n) is 11.3. The number of aromatic hydroxyl groups is 1. The van der Waals surface area contributed by atoms with Crippen molar-refractivity contribution in [2.24, 2.45) is 0 Å². The fourth-order valence-corrected chi connectivity index (χ4v) is 1.77. The molecular formula is C13H11F3N2O4. The van der Waals surface area contributed by atoms with Crippen molar-refractivity contribution in [3.05, 3.63) is 35.5 Å². The highest BCUT2D eigenvalue weighted by molar-refractivity contribution is 5.91. The van der Waals surface area contributed by atoms with E-state index in [0.29, 0.717) is 0 Å². The van der Waals surface area contributed by atoms with Gasteiger partial charge >= 0.3 is 12.1 Å². The Hall–Kier alpha value is -2.71. The third kappa shape index (κ3) is 2.83. The van der Waals surface area contributed by atoms with Crippen molar-refractivity contribution in [1.82, 2.24) is 9.71 Å². The molecule has 0 aliphatic heterocycles. The van der Waals surface area contributed by atoms with Gasteiger partial charge in [0.1, 0.15) is 0 Å². The van der Waals surface area contributed by atoms with Crippen LogP contribution in [0.25, 0.3) is 11.4 Å². The number of halogens is 3. The molecule has 22 heavy (non-hydrogen) atoms. The third-order valence-corrected chi connectivity index (χ3v) is 2.78. The zero-order chi connectivity index (χ0) is 16.5. The largest absolute Gasteiger partial charge is 0.491 e. The Kier molecular flexibility index (Phi) is 3.98. The van der Waals surface area contributed by atoms with Crippen molar-refractivity contribution in [3.63, 3.8) is 0 Å². The lowest BCUT2D eigenvalue weighted by atomic mass is 10.1. The number of aromatic nitrogens is 2. The van der Waals surface area contributed by atoms with Crippen molar-refractivity contribution >= 4 is 5.97 Å². The van der Waals surface area contributed by atoms with Crippen molar-refractivity contribution in [2.75, 3.05) is 6.61 Å². The minimum Gasteiger partial charge on any atom is -0.491 e. The fourth-order valence-electron chi connectivity index (χ4n) is 1.77. The second kappa shape index (κ2) is 5.58. The molecule has 0 amide bonds. The second-order valence-electron chi connectivity index (χ2n) is 4.22. The molecule has 9 heteroatoms. The van der Waals surface area contributed by atoms with Gasteiger partial charge in [-0.3, -0.25) is 0 Å². The van der Waals surface area contributed by atoms with Gasteiger partial charge in [-0.2, -0.15) is 22.9 Å². The minimum absolute atomic E-state index is 0.0130. The second-order valence-corrected chi connectivity index (χ2v) is 4.22. The lowest BCUT2D eigenvalue weighted by Gasteiger charge is -2.07. The van der Waals surface area contributed by atoms with E-state index in [1.54, 1.807) is 0 Å². The lowest BCUT2D eigenvalue weighted by molar-refractivity contribution is -0.137. The smallest absolute Gasteiger partial charge is 0.416 e. The average molecular weight is 316 g/mol. The maximum Gasteiger partial charge on any atom is 0.416 e. The minimum atomic E-state index is -4.49. The fraction of sp³-hybridized carbons (Fsp3) is 0.231. The number of hydrogen-bond acceptors (Lipinski definition) is 5. The summed E-state index contributed by atoms with van der Waals surface area (Å²) in [5.74, 6) is -2.07. The molecule has 0 saturated heterocycles. The van der Waals surface area contributed by atoms with Crippen LogP contribution in [0.1, 0.15) is 23.0 Å². The number of esters is 1. The van der Waals surface area contributed by atoms with Gasteiger partial charge in [-0.05, 0) is 19.1 Å². The zero-order valence-corrected chi connectivity index (χ0v) is 11.3. The summed E-state index contributed by atoms with van der Waals surface area (Å²) >= 11 is 0. The summed E-state index contributed by atoms with van der Waals surface area (Å²) in [5, 5.41) is 19.4. The maximum atomic E-state index is 12.5. The van der Waals surface area contributed by atoms with E-state index in [2.05, 4.69) is 9.72 Å². The number of alkyl halides is 3. The molecule has 2 aromatic rings. The van der Waals surface area contributed by atoms with E-state index in [-0.39, 0.29) is 22.7 Å². The molecule has 2 rings (SSSR count). The first-order valence-corrected chi connectivity index (χ1v) is 6.11. The number of imidazole rings is 1. The first-order valence-electron chi connectivity index (χ1n) is 6.11. The standard InChI is InChI=1S/C13H11F3N2O4/c1-2-22-12(20)9-11(19)17-10(18(9)21)7-3-5-8(6-4-7)13(14,15)16/h3-6,19,21H,2H2,1H3. The summed E-state index contributed by atoms with van der Waals surface area (Å²) in [5.41, 5.74) is -1.39. The molecule has 0 aliphatic rings. The van der Waals surface area contributed by atoms with E-state index in [1.165, 1.54) is 6.92 Å². The molecule has 0 fully saturated rings. The Balaban J connectivity index is 2.42. The summed E-state index contributed by atoms with van der Waals surface area (Å²) in [6.45, 7) is 1.54. The van der Waals surface area contributed by atoms with Gasteiger partial charge in [0.15, 0.2) is 5.82 Å². The molecule has 6 nitrogen and oxygen atoms in total. The molecule has 0 spiro atoms. The number of rotatable bonds is 3. The normalized spacial score (nSPS) is 11.5. The maximum absolute atomic E-state index is 12.5. The molecule has 1 aromatic heterocycles. The molecule has 118 valence electrons. The van der Waals surface area contributed by atoms with E-state index >= 15 is 0 Å². The van der Waals surface area contributed by atoms with Gasteiger partial charge < -0.3 is 15.1 Å². The highest BCUT2D eigenvalue weighted by Gasteiger charge is 2.30. The van der Waals surface area contributed by atoms with Crippen molar-refractivity contribution in [2.45, 2.75) is 13.1 Å². The van der Waals surface area contributed by atoms with Gasteiger partial charge in [-0.15, -0.1) is 0 Å². The Morgan fingerprint density at radius 1 is 1.32 bits per heavy atom. The Bertz CT molecular complexity index is 693. The van der Waals surface area contributed by atoms with E-state index in [1.807, 2.05) is 0 Å². The van der Waals surface area contributed by atoms with Crippen LogP contribution < -0.4 is 0 Å². The number of nitrogens with zero attached hydrogens (tertiary/aromatic N) is 2. The van der Waals surface area contributed by atoms with Crippen LogP contribution in [-0.4, -0.2) is 32.6 Å². The Morgan fingerprint density at radius 2 is 1.91 bits per heavy atom. The predicted molar refractivity (Wildman–Crippen MR) is 67.5 cm³/mol. The van der Waals surface area contributed by atoms with Gasteiger partial charge in [0.05, 0.1) is 12.2 Å². The van der Waals surface area contributed by atoms with E-state index in [0.717, 1.165) is 24.3 Å². The number of ether oxygens (including phenoxy) is 1. The average Bonchev–Trinajstić information content (AvgIpc) is 2.73. The molecule has 0 radical (unpaired) electrons. The predicted octanol–water partition coefficient (Wildman–Crippen LogP) is 2.69. The lowest BCUT2D eigenvalue weighted by Crippen LogP contribution is -2.11. The molecule has 1 heterocycles. The number of hydrogen-bond donors (Lipinski definition) is 2. The molecular weight excluding hydrogens is 305 g/mol. The van der Waals surface area contributed by atoms with Crippen LogP contribution in [0, 0.1) is 0 Å². The van der Waals surface area contributed by atoms with Crippen molar-refractivity contribution < 1.29 is 33.0 Å². The van der Waals surface area contributed by atoms with E-state index in [9.17, 15) is 28.3 Å². The molecule has 0 bridgehead atoms. The third-order valence-electron chi connectivity index (χ3n) is 2.78. The van der Waals surface area contributed by atoms with Crippen LogP contribution in [0.4, 0.5) is 13.2 Å². The Labute approximate surface area is 122 Å². The number of carbonyl (C=O) groups is 1. The van der Waals surface area contributed by atoms with E-state index < -0.39 is 29.3 Å². The topological polar surface area (TPSA) is 84.6 Å². The number of carbonyl (C=O) groups excluding carboxylic acids is 1. The van der Waals surface area contributed by atoms with Crippen molar-refractivity contribution in [1.29, 1.82) is 0 Å². The molecule has 0 atom stereocenters. The molecule has 0 aliphatic carbocycles. The first-order chi connectivity index (χ1) is 10.3. The summed E-state index contributed by atoms with van der Waals surface area (Å²) in [7, 11) is 0. The van der Waals surface area contributed by atoms with Gasteiger partial charge in [0, 0.05) is 5.56 Å².